The van der Waals surface area contributed by atoms with E-state index in [1.807, 2.05) is 0 Å². The van der Waals surface area contributed by atoms with Gasteiger partial charge in [0.2, 0.25) is 0 Å². The van der Waals surface area contributed by atoms with Crippen molar-refractivity contribution in [2.45, 2.75) is 39.2 Å². The van der Waals surface area contributed by atoms with Crippen LogP contribution in [0.5, 0.6) is 0 Å². The van der Waals surface area contributed by atoms with Gasteiger partial charge in [-0.05, 0) is 25.4 Å². The Morgan fingerprint density at radius 3 is 2.88 bits per heavy atom. The summed E-state index contributed by atoms with van der Waals surface area (Å²) >= 11 is 0. The summed E-state index contributed by atoms with van der Waals surface area (Å²) < 4.78 is 0. The molecule has 1 fully saturated rings. The van der Waals surface area contributed by atoms with Crippen LogP contribution in [0.3, 0.4) is 0 Å². The second kappa shape index (κ2) is 6.86. The van der Waals surface area contributed by atoms with E-state index in [0.717, 1.165) is 39.0 Å². The van der Waals surface area contributed by atoms with Crippen molar-refractivity contribution < 1.29 is 9.90 Å². The lowest BCUT2D eigenvalue weighted by Crippen LogP contribution is -2.42. The number of carboxylic acid groups (broad SMARTS) is 1. The summed E-state index contributed by atoms with van der Waals surface area (Å²) in [5.41, 5.74) is 0. The monoisotopic (exact) mass is 228 g/mol. The second-order valence-electron chi connectivity index (χ2n) is 4.86. The molecule has 94 valence electrons. The number of carboxylic acids is 1. The topological polar surface area (TPSA) is 52.6 Å². The van der Waals surface area contributed by atoms with E-state index >= 15 is 0 Å². The Morgan fingerprint density at radius 2 is 2.25 bits per heavy atom. The van der Waals surface area contributed by atoms with Crippen LogP contribution in [0.15, 0.2) is 0 Å². The molecule has 0 aromatic carbocycles. The Balaban J connectivity index is 2.55. The zero-order valence-corrected chi connectivity index (χ0v) is 10.4. The number of hydrogen-bond acceptors (Lipinski definition) is 3. The zero-order chi connectivity index (χ0) is 12.0. The van der Waals surface area contributed by atoms with Crippen molar-refractivity contribution in [3.05, 3.63) is 0 Å². The van der Waals surface area contributed by atoms with Crippen LogP contribution in [-0.4, -0.2) is 48.2 Å². The summed E-state index contributed by atoms with van der Waals surface area (Å²) in [6, 6.07) is 0.161. The predicted octanol–water partition coefficient (Wildman–Crippen LogP) is 1.17. The molecule has 1 rings (SSSR count). The van der Waals surface area contributed by atoms with Crippen molar-refractivity contribution in [1.29, 1.82) is 0 Å². The predicted molar refractivity (Wildman–Crippen MR) is 64.6 cm³/mol. The van der Waals surface area contributed by atoms with Gasteiger partial charge in [0.05, 0.1) is 6.42 Å². The first-order valence-electron chi connectivity index (χ1n) is 6.30. The van der Waals surface area contributed by atoms with Crippen molar-refractivity contribution in [2.24, 2.45) is 5.92 Å². The Hall–Kier alpha value is -0.610. The minimum atomic E-state index is -0.692. The Bertz CT molecular complexity index is 221. The highest BCUT2D eigenvalue weighted by Crippen LogP contribution is 2.12. The van der Waals surface area contributed by atoms with Crippen LogP contribution in [0.1, 0.15) is 33.1 Å². The molecule has 0 aliphatic carbocycles. The van der Waals surface area contributed by atoms with Crippen molar-refractivity contribution >= 4 is 5.97 Å². The first-order valence-corrected chi connectivity index (χ1v) is 6.30. The molecule has 0 bridgehead atoms. The van der Waals surface area contributed by atoms with Crippen LogP contribution in [0.25, 0.3) is 0 Å². The average molecular weight is 228 g/mol. The molecule has 1 saturated heterocycles. The average Bonchev–Trinajstić information content (AvgIpc) is 2.37. The third-order valence-corrected chi connectivity index (χ3v) is 3.14. The van der Waals surface area contributed by atoms with Crippen LogP contribution in [-0.2, 0) is 4.79 Å². The molecule has 0 spiro atoms. The zero-order valence-electron chi connectivity index (χ0n) is 10.4. The van der Waals surface area contributed by atoms with Gasteiger partial charge in [0.1, 0.15) is 0 Å². The molecular weight excluding hydrogens is 204 g/mol. The van der Waals surface area contributed by atoms with Gasteiger partial charge in [0.15, 0.2) is 0 Å². The Morgan fingerprint density at radius 1 is 1.50 bits per heavy atom. The third-order valence-electron chi connectivity index (χ3n) is 3.14. The lowest BCUT2D eigenvalue weighted by molar-refractivity contribution is -0.138. The number of nitrogens with one attached hydrogen (secondary N) is 1. The van der Waals surface area contributed by atoms with Gasteiger partial charge in [-0.2, -0.15) is 0 Å². The number of rotatable bonds is 5. The van der Waals surface area contributed by atoms with Crippen molar-refractivity contribution in [1.82, 2.24) is 10.2 Å². The largest absolute Gasteiger partial charge is 0.481 e. The van der Waals surface area contributed by atoms with E-state index in [1.165, 1.54) is 0 Å². The number of carbonyl (C=O) groups is 1. The van der Waals surface area contributed by atoms with Crippen LogP contribution in [0.2, 0.25) is 0 Å². The molecule has 2 atom stereocenters. The van der Waals surface area contributed by atoms with Crippen LogP contribution < -0.4 is 5.32 Å². The lowest BCUT2D eigenvalue weighted by Gasteiger charge is -2.29. The highest BCUT2D eigenvalue weighted by molar-refractivity contribution is 5.67. The summed E-state index contributed by atoms with van der Waals surface area (Å²) in [6.07, 6.45) is 2.57. The van der Waals surface area contributed by atoms with Gasteiger partial charge in [-0.1, -0.05) is 20.3 Å². The summed E-state index contributed by atoms with van der Waals surface area (Å²) in [6.45, 7) is 8.24. The summed E-state index contributed by atoms with van der Waals surface area (Å²) in [7, 11) is 0. The van der Waals surface area contributed by atoms with E-state index in [0.29, 0.717) is 5.92 Å². The van der Waals surface area contributed by atoms with Crippen molar-refractivity contribution in [3.63, 3.8) is 0 Å². The fraction of sp³-hybridized carbons (Fsp3) is 0.917. The number of aliphatic carboxylic acids is 1. The molecule has 0 radical (unpaired) electrons. The van der Waals surface area contributed by atoms with Gasteiger partial charge in [-0.3, -0.25) is 9.69 Å². The Kier molecular flexibility index (Phi) is 5.77. The van der Waals surface area contributed by atoms with Gasteiger partial charge in [-0.15, -0.1) is 0 Å². The fourth-order valence-corrected chi connectivity index (χ4v) is 2.28. The maximum atomic E-state index is 10.8. The summed E-state index contributed by atoms with van der Waals surface area (Å²) in [5, 5.41) is 12.3. The summed E-state index contributed by atoms with van der Waals surface area (Å²) in [5.74, 6) is -0.0847. The van der Waals surface area contributed by atoms with E-state index in [4.69, 9.17) is 5.11 Å². The quantitative estimate of drug-likeness (QED) is 0.741. The smallest absolute Gasteiger partial charge is 0.304 e. The molecule has 4 nitrogen and oxygen atoms in total. The first-order chi connectivity index (χ1) is 7.63. The Labute approximate surface area is 98.0 Å². The molecule has 1 aliphatic heterocycles. The minimum absolute atomic E-state index is 0.161. The number of unbranched alkanes of at least 4 members (excludes halogenated alkanes) is 1. The van der Waals surface area contributed by atoms with E-state index in [2.05, 4.69) is 24.1 Å². The molecular formula is C12H24N2O2. The molecule has 1 heterocycles. The third kappa shape index (κ3) is 4.49. The maximum Gasteiger partial charge on any atom is 0.304 e. The number of hydrogen-bond donors (Lipinski definition) is 2. The van der Waals surface area contributed by atoms with E-state index in [1.54, 1.807) is 0 Å². The minimum Gasteiger partial charge on any atom is -0.481 e. The van der Waals surface area contributed by atoms with E-state index < -0.39 is 5.97 Å². The first kappa shape index (κ1) is 13.5. The molecule has 2 unspecified atom stereocenters. The molecule has 0 amide bonds. The van der Waals surface area contributed by atoms with Gasteiger partial charge in [0, 0.05) is 19.1 Å². The van der Waals surface area contributed by atoms with Crippen molar-refractivity contribution in [3.8, 4) is 0 Å². The SMILES string of the molecule is CCCCN1CC(C)CNCC1CC(=O)O. The molecule has 2 N–H and O–H groups in total. The fourth-order valence-electron chi connectivity index (χ4n) is 2.28. The number of nitrogens with zero attached hydrogens (tertiary/aromatic N) is 1. The van der Waals surface area contributed by atoms with Crippen molar-refractivity contribution in [2.75, 3.05) is 26.2 Å². The van der Waals surface area contributed by atoms with Crippen LogP contribution in [0, 0.1) is 5.92 Å². The van der Waals surface area contributed by atoms with Gasteiger partial charge < -0.3 is 10.4 Å². The summed E-state index contributed by atoms with van der Waals surface area (Å²) in [4.78, 5) is 13.2. The molecule has 1 aliphatic rings. The maximum absolute atomic E-state index is 10.8. The standard InChI is InChI=1S/C12H24N2O2/c1-3-4-5-14-9-10(2)7-13-8-11(14)6-12(15)16/h10-11,13H,3-9H2,1-2H3,(H,15,16). The molecule has 0 aromatic rings. The van der Waals surface area contributed by atoms with Gasteiger partial charge >= 0.3 is 5.97 Å². The van der Waals surface area contributed by atoms with Gasteiger partial charge in [0.25, 0.3) is 0 Å². The van der Waals surface area contributed by atoms with Crippen LogP contribution >= 0.6 is 0 Å². The highest BCUT2D eigenvalue weighted by atomic mass is 16.4. The normalized spacial score (nSPS) is 27.6. The van der Waals surface area contributed by atoms with Crippen LogP contribution in [0.4, 0.5) is 0 Å². The second-order valence-corrected chi connectivity index (χ2v) is 4.86. The van der Waals surface area contributed by atoms with Gasteiger partial charge in [-0.25, -0.2) is 0 Å². The molecule has 4 heteroatoms. The molecule has 16 heavy (non-hydrogen) atoms. The molecule has 0 saturated carbocycles. The lowest BCUT2D eigenvalue weighted by atomic mass is 10.1. The van der Waals surface area contributed by atoms with E-state index in [-0.39, 0.29) is 12.5 Å². The highest BCUT2D eigenvalue weighted by Gasteiger charge is 2.25. The van der Waals surface area contributed by atoms with E-state index in [9.17, 15) is 4.79 Å². The molecule has 0 aromatic heterocycles.